The molecule has 0 amide bonds. The highest BCUT2D eigenvalue weighted by molar-refractivity contribution is 4.97. The third-order valence-corrected chi connectivity index (χ3v) is 5.67. The van der Waals surface area contributed by atoms with E-state index < -0.39 is 0 Å². The van der Waals surface area contributed by atoms with Gasteiger partial charge < -0.3 is 0 Å². The Kier molecular flexibility index (Phi) is 3.68. The van der Waals surface area contributed by atoms with Crippen LogP contribution in [0.5, 0.6) is 0 Å². The fourth-order valence-corrected chi connectivity index (χ4v) is 4.56. The summed E-state index contributed by atoms with van der Waals surface area (Å²) in [5.74, 6) is 1.77. The van der Waals surface area contributed by atoms with Crippen LogP contribution in [0.3, 0.4) is 0 Å². The molecule has 0 radical (unpaired) electrons. The maximum atomic E-state index is 2.92. The lowest BCUT2D eigenvalue weighted by atomic mass is 9.94. The molecule has 2 heteroatoms. The van der Waals surface area contributed by atoms with Crippen LogP contribution in [-0.4, -0.2) is 47.6 Å². The second-order valence-corrected chi connectivity index (χ2v) is 7.37. The second-order valence-electron chi connectivity index (χ2n) is 7.37. The van der Waals surface area contributed by atoms with E-state index in [0.29, 0.717) is 0 Å². The van der Waals surface area contributed by atoms with Crippen molar-refractivity contribution in [3.63, 3.8) is 0 Å². The van der Waals surface area contributed by atoms with Crippen LogP contribution >= 0.6 is 0 Å². The first-order chi connectivity index (χ1) is 8.65. The molecule has 3 aliphatic rings. The topological polar surface area (TPSA) is 6.48 Å². The van der Waals surface area contributed by atoms with Crippen LogP contribution in [0.15, 0.2) is 0 Å². The first kappa shape index (κ1) is 12.9. The van der Waals surface area contributed by atoms with Crippen molar-refractivity contribution in [2.45, 2.75) is 71.0 Å². The third kappa shape index (κ3) is 2.34. The Morgan fingerprint density at radius 2 is 1.83 bits per heavy atom. The SMILES string of the molecule is CC1CCC(N2CC3CCCN3CC2C(C)C)C1. The third-order valence-electron chi connectivity index (χ3n) is 5.67. The average Bonchev–Trinajstić information content (AvgIpc) is 2.94. The zero-order valence-electron chi connectivity index (χ0n) is 12.4. The molecule has 0 aromatic carbocycles. The van der Waals surface area contributed by atoms with Crippen LogP contribution in [0, 0.1) is 11.8 Å². The van der Waals surface area contributed by atoms with Crippen molar-refractivity contribution in [3.05, 3.63) is 0 Å². The lowest BCUT2D eigenvalue weighted by molar-refractivity contribution is 0.000933. The summed E-state index contributed by atoms with van der Waals surface area (Å²) in [7, 11) is 0. The van der Waals surface area contributed by atoms with E-state index in [2.05, 4.69) is 30.6 Å². The van der Waals surface area contributed by atoms with E-state index in [1.54, 1.807) is 0 Å². The molecule has 4 unspecified atom stereocenters. The summed E-state index contributed by atoms with van der Waals surface area (Å²) in [5.41, 5.74) is 0. The van der Waals surface area contributed by atoms with Crippen LogP contribution < -0.4 is 0 Å². The Labute approximate surface area is 113 Å². The van der Waals surface area contributed by atoms with E-state index in [9.17, 15) is 0 Å². The van der Waals surface area contributed by atoms with Crippen molar-refractivity contribution < 1.29 is 0 Å². The zero-order valence-corrected chi connectivity index (χ0v) is 12.4. The van der Waals surface area contributed by atoms with Crippen molar-refractivity contribution in [1.82, 2.24) is 9.80 Å². The highest BCUT2D eigenvalue weighted by atomic mass is 15.3. The van der Waals surface area contributed by atoms with Gasteiger partial charge >= 0.3 is 0 Å². The second kappa shape index (κ2) is 5.13. The van der Waals surface area contributed by atoms with Crippen LogP contribution in [0.2, 0.25) is 0 Å². The van der Waals surface area contributed by atoms with Gasteiger partial charge in [0.25, 0.3) is 0 Å². The van der Waals surface area contributed by atoms with Gasteiger partial charge in [-0.2, -0.15) is 0 Å². The first-order valence-electron chi connectivity index (χ1n) is 8.15. The standard InChI is InChI=1S/C16H30N2/c1-12(2)16-11-17-8-4-5-15(17)10-18(16)14-7-6-13(3)9-14/h12-16H,4-11H2,1-3H3. The molecule has 0 aromatic rings. The quantitative estimate of drug-likeness (QED) is 0.743. The molecule has 2 heterocycles. The van der Waals surface area contributed by atoms with Crippen molar-refractivity contribution in [3.8, 4) is 0 Å². The van der Waals surface area contributed by atoms with Gasteiger partial charge in [0.1, 0.15) is 0 Å². The molecule has 3 rings (SSSR count). The van der Waals surface area contributed by atoms with Crippen LogP contribution in [-0.2, 0) is 0 Å². The fraction of sp³-hybridized carbons (Fsp3) is 1.00. The number of rotatable bonds is 2. The summed E-state index contributed by atoms with van der Waals surface area (Å²) in [6, 6.07) is 2.60. The zero-order chi connectivity index (χ0) is 12.7. The molecule has 0 aromatic heterocycles. The number of fused-ring (bicyclic) bond motifs is 1. The number of hydrogen-bond donors (Lipinski definition) is 0. The molecular weight excluding hydrogens is 220 g/mol. The van der Waals surface area contributed by atoms with Gasteiger partial charge in [-0.05, 0) is 50.5 Å². The van der Waals surface area contributed by atoms with Gasteiger partial charge in [0.05, 0.1) is 0 Å². The molecule has 18 heavy (non-hydrogen) atoms. The summed E-state index contributed by atoms with van der Waals surface area (Å²) in [6.07, 6.45) is 7.25. The fourth-order valence-electron chi connectivity index (χ4n) is 4.56. The number of hydrogen-bond acceptors (Lipinski definition) is 2. The van der Waals surface area contributed by atoms with Crippen molar-refractivity contribution in [1.29, 1.82) is 0 Å². The predicted molar refractivity (Wildman–Crippen MR) is 76.7 cm³/mol. The van der Waals surface area contributed by atoms with Gasteiger partial charge in [-0.15, -0.1) is 0 Å². The van der Waals surface area contributed by atoms with Crippen LogP contribution in [0.25, 0.3) is 0 Å². The van der Waals surface area contributed by atoms with Crippen LogP contribution in [0.4, 0.5) is 0 Å². The van der Waals surface area contributed by atoms with Crippen LogP contribution in [0.1, 0.15) is 52.9 Å². The molecule has 2 aliphatic heterocycles. The summed E-state index contributed by atoms with van der Waals surface area (Å²) < 4.78 is 0. The molecule has 1 aliphatic carbocycles. The van der Waals surface area contributed by atoms with E-state index in [1.807, 2.05) is 0 Å². The molecule has 0 bridgehead atoms. The number of nitrogens with zero attached hydrogens (tertiary/aromatic N) is 2. The smallest absolute Gasteiger partial charge is 0.0249 e. The highest BCUT2D eigenvalue weighted by Gasteiger charge is 2.41. The summed E-state index contributed by atoms with van der Waals surface area (Å²) in [6.45, 7) is 11.4. The molecule has 0 spiro atoms. The minimum absolute atomic E-state index is 0.808. The van der Waals surface area contributed by atoms with Crippen molar-refractivity contribution in [2.24, 2.45) is 11.8 Å². The van der Waals surface area contributed by atoms with Gasteiger partial charge in [0, 0.05) is 31.2 Å². The van der Waals surface area contributed by atoms with E-state index in [4.69, 9.17) is 0 Å². The molecule has 1 saturated carbocycles. The van der Waals surface area contributed by atoms with E-state index in [-0.39, 0.29) is 0 Å². The Hall–Kier alpha value is -0.0800. The first-order valence-corrected chi connectivity index (χ1v) is 8.15. The minimum Gasteiger partial charge on any atom is -0.298 e. The van der Waals surface area contributed by atoms with Gasteiger partial charge in [0.2, 0.25) is 0 Å². The minimum atomic E-state index is 0.808. The Balaban J connectivity index is 1.72. The summed E-state index contributed by atoms with van der Waals surface area (Å²) in [4.78, 5) is 5.69. The Morgan fingerprint density at radius 3 is 2.50 bits per heavy atom. The summed E-state index contributed by atoms with van der Waals surface area (Å²) in [5, 5.41) is 0. The molecule has 0 N–H and O–H groups in total. The van der Waals surface area contributed by atoms with E-state index in [1.165, 1.54) is 51.7 Å². The maximum absolute atomic E-state index is 2.92. The van der Waals surface area contributed by atoms with Crippen molar-refractivity contribution >= 4 is 0 Å². The average molecular weight is 250 g/mol. The normalized spacial score (nSPS) is 42.7. The summed E-state index contributed by atoms with van der Waals surface area (Å²) >= 11 is 0. The lowest BCUT2D eigenvalue weighted by Crippen LogP contribution is -2.60. The van der Waals surface area contributed by atoms with Gasteiger partial charge in [0.15, 0.2) is 0 Å². The van der Waals surface area contributed by atoms with E-state index in [0.717, 1.165) is 30.0 Å². The molecular formula is C16H30N2. The molecule has 104 valence electrons. The molecule has 3 fully saturated rings. The monoisotopic (exact) mass is 250 g/mol. The van der Waals surface area contributed by atoms with Crippen molar-refractivity contribution in [2.75, 3.05) is 19.6 Å². The molecule has 4 atom stereocenters. The lowest BCUT2D eigenvalue weighted by Gasteiger charge is -2.48. The Morgan fingerprint density at radius 1 is 1.00 bits per heavy atom. The molecule has 2 nitrogen and oxygen atoms in total. The Bertz CT molecular complexity index is 289. The van der Waals surface area contributed by atoms with Gasteiger partial charge in [-0.25, -0.2) is 0 Å². The van der Waals surface area contributed by atoms with Gasteiger partial charge in [-0.1, -0.05) is 20.8 Å². The van der Waals surface area contributed by atoms with Gasteiger partial charge in [-0.3, -0.25) is 9.80 Å². The maximum Gasteiger partial charge on any atom is 0.0249 e. The number of piperazine rings is 1. The largest absolute Gasteiger partial charge is 0.298 e. The predicted octanol–water partition coefficient (Wildman–Crippen LogP) is 2.98. The molecule has 2 saturated heterocycles. The van der Waals surface area contributed by atoms with E-state index >= 15 is 0 Å². The highest BCUT2D eigenvalue weighted by Crippen LogP contribution is 2.35.